The van der Waals surface area contributed by atoms with E-state index in [0.29, 0.717) is 17.6 Å². The Morgan fingerprint density at radius 1 is 0.759 bits per heavy atom. The zero-order valence-corrected chi connectivity index (χ0v) is 29.8. The molecule has 54 heavy (non-hydrogen) atoms. The molecule has 0 saturated carbocycles. The van der Waals surface area contributed by atoms with Crippen molar-refractivity contribution in [1.29, 1.82) is 0 Å². The van der Waals surface area contributed by atoms with Crippen LogP contribution in [0, 0.1) is 10.1 Å². The Bertz CT molecular complexity index is 2760. The van der Waals surface area contributed by atoms with Gasteiger partial charge in [-0.1, -0.05) is 126 Å². The van der Waals surface area contributed by atoms with E-state index in [1.54, 1.807) is 18.2 Å². The largest absolute Gasteiger partial charge is 0.320 e. The van der Waals surface area contributed by atoms with Gasteiger partial charge in [0.1, 0.15) is 12.0 Å². The van der Waals surface area contributed by atoms with Gasteiger partial charge >= 0.3 is 0 Å². The predicted molar refractivity (Wildman–Crippen MR) is 210 cm³/mol. The quantitative estimate of drug-likeness (QED) is 0.0842. The van der Waals surface area contributed by atoms with E-state index in [4.69, 9.17) is 33.2 Å². The molecule has 0 aliphatic carbocycles. The molecule has 8 aromatic rings. The zero-order chi connectivity index (χ0) is 37.3. The fraction of sp³-hybridized carbons (Fsp3) is 0.0476. The highest BCUT2D eigenvalue weighted by atomic mass is 35.5. The van der Waals surface area contributed by atoms with Gasteiger partial charge in [0.05, 0.1) is 42.9 Å². The van der Waals surface area contributed by atoms with E-state index in [0.717, 1.165) is 27.9 Å². The van der Waals surface area contributed by atoms with Crippen LogP contribution in [0.4, 0.5) is 5.69 Å². The SMILES string of the molecule is O=C(Cc1c(-c2ccccc2[N+](=O)[O-])n(-c2ncnc3c2c(-c2ccccc2)c(-c2ccccc2)n3Cc2ccccc2)[nH]c1=O)c1ccc(Cl)c(Cl)c1. The van der Waals surface area contributed by atoms with E-state index in [-0.39, 0.29) is 43.9 Å². The normalized spacial score (nSPS) is 11.2. The Balaban J connectivity index is 1.46. The Hall–Kier alpha value is -6.62. The second-order valence-electron chi connectivity index (χ2n) is 12.5. The molecule has 264 valence electrons. The second kappa shape index (κ2) is 14.4. The van der Waals surface area contributed by atoms with Gasteiger partial charge in [-0.05, 0) is 41.0 Å². The lowest BCUT2D eigenvalue weighted by molar-refractivity contribution is -0.384. The predicted octanol–water partition coefficient (Wildman–Crippen LogP) is 9.60. The number of aromatic nitrogens is 5. The smallest absolute Gasteiger partial charge is 0.278 e. The van der Waals surface area contributed by atoms with Crippen molar-refractivity contribution in [3.63, 3.8) is 0 Å². The molecule has 0 spiro atoms. The lowest BCUT2D eigenvalue weighted by atomic mass is 9.98. The van der Waals surface area contributed by atoms with E-state index in [1.165, 1.54) is 35.3 Å². The van der Waals surface area contributed by atoms with E-state index in [1.807, 2.05) is 91.0 Å². The van der Waals surface area contributed by atoms with Gasteiger partial charge < -0.3 is 4.57 Å². The summed E-state index contributed by atoms with van der Waals surface area (Å²) in [6, 6.07) is 40.3. The molecular weight excluding hydrogens is 723 g/mol. The molecule has 0 fully saturated rings. The van der Waals surface area contributed by atoms with Gasteiger partial charge in [0.15, 0.2) is 11.6 Å². The van der Waals surface area contributed by atoms with Gasteiger partial charge in [0.2, 0.25) is 0 Å². The lowest BCUT2D eigenvalue weighted by Gasteiger charge is -2.13. The fourth-order valence-corrected chi connectivity index (χ4v) is 7.16. The first-order valence-corrected chi connectivity index (χ1v) is 17.6. The third kappa shape index (κ3) is 6.27. The monoisotopic (exact) mass is 750 g/mol. The van der Waals surface area contributed by atoms with Crippen LogP contribution in [0.1, 0.15) is 21.5 Å². The topological polar surface area (TPSA) is 129 Å². The first-order valence-electron chi connectivity index (χ1n) is 16.9. The highest BCUT2D eigenvalue weighted by Crippen LogP contribution is 2.44. The van der Waals surface area contributed by atoms with Gasteiger partial charge in [0, 0.05) is 30.2 Å². The zero-order valence-electron chi connectivity index (χ0n) is 28.3. The second-order valence-corrected chi connectivity index (χ2v) is 13.3. The number of benzene rings is 5. The molecule has 12 heteroatoms. The molecule has 0 bridgehead atoms. The number of nitrogens with one attached hydrogen (secondary N) is 1. The van der Waals surface area contributed by atoms with Crippen molar-refractivity contribution in [2.45, 2.75) is 13.0 Å². The van der Waals surface area contributed by atoms with E-state index >= 15 is 0 Å². The number of Topliss-reactive ketones (excluding diaryl/α,β-unsaturated/α-hetero) is 1. The van der Waals surface area contributed by atoms with Gasteiger partial charge in [0.25, 0.3) is 11.2 Å². The number of para-hydroxylation sites is 1. The molecular formula is C42H28Cl2N6O4. The summed E-state index contributed by atoms with van der Waals surface area (Å²) in [5.74, 6) is -0.170. The third-order valence-corrected chi connectivity index (χ3v) is 10.00. The standard InChI is InChI=1S/C42H28Cl2N6O4/c43-32-21-20-29(22-33(32)44)35(51)23-31-39(30-18-10-11-19-34(30)50(53)54)49(47-42(31)52)41-37-36(27-14-6-2-7-15-27)38(28-16-8-3-9-17-28)48(40(37)45-25-46-41)24-26-12-4-1-5-13-26/h1-22,25H,23-24H2,(H,47,52). The molecule has 1 N–H and O–H groups in total. The lowest BCUT2D eigenvalue weighted by Crippen LogP contribution is -2.13. The van der Waals surface area contributed by atoms with Crippen molar-refractivity contribution in [2.24, 2.45) is 0 Å². The van der Waals surface area contributed by atoms with E-state index in [9.17, 15) is 19.7 Å². The number of carbonyl (C=O) groups is 1. The minimum atomic E-state index is -0.614. The van der Waals surface area contributed by atoms with Gasteiger partial charge in [-0.25, -0.2) is 14.6 Å². The number of fused-ring (bicyclic) bond motifs is 1. The Morgan fingerprint density at radius 3 is 2.09 bits per heavy atom. The number of aromatic amines is 1. The molecule has 0 aliphatic heterocycles. The molecule has 3 heterocycles. The number of nitro groups is 1. The maximum Gasteiger partial charge on any atom is 0.278 e. The average Bonchev–Trinajstić information content (AvgIpc) is 3.70. The maximum absolute atomic E-state index is 14.1. The summed E-state index contributed by atoms with van der Waals surface area (Å²) in [4.78, 5) is 49.5. The summed E-state index contributed by atoms with van der Waals surface area (Å²) < 4.78 is 3.56. The van der Waals surface area contributed by atoms with Crippen LogP contribution >= 0.6 is 23.2 Å². The number of hydrogen-bond acceptors (Lipinski definition) is 6. The molecule has 0 radical (unpaired) electrons. The van der Waals surface area contributed by atoms with Crippen molar-refractivity contribution in [3.05, 3.63) is 187 Å². The highest BCUT2D eigenvalue weighted by Gasteiger charge is 2.30. The van der Waals surface area contributed by atoms with Gasteiger partial charge in [-0.2, -0.15) is 0 Å². The highest BCUT2D eigenvalue weighted by molar-refractivity contribution is 6.42. The Morgan fingerprint density at radius 2 is 1.41 bits per heavy atom. The molecule has 0 aliphatic rings. The van der Waals surface area contributed by atoms with Crippen LogP contribution in [0.2, 0.25) is 10.0 Å². The van der Waals surface area contributed by atoms with Crippen LogP contribution < -0.4 is 5.56 Å². The number of halogens is 2. The van der Waals surface area contributed by atoms with Crippen LogP contribution in [0.15, 0.2) is 145 Å². The van der Waals surface area contributed by atoms with Crippen LogP contribution in [0.25, 0.3) is 50.5 Å². The van der Waals surface area contributed by atoms with Crippen molar-refractivity contribution >= 4 is 45.7 Å². The summed E-state index contributed by atoms with van der Waals surface area (Å²) in [5, 5.41) is 16.4. The van der Waals surface area contributed by atoms with Crippen LogP contribution in [-0.2, 0) is 13.0 Å². The number of nitrogens with zero attached hydrogens (tertiary/aromatic N) is 5. The number of ketones is 1. The number of rotatable bonds is 10. The summed E-state index contributed by atoms with van der Waals surface area (Å²) in [7, 11) is 0. The summed E-state index contributed by atoms with van der Waals surface area (Å²) in [6.07, 6.45) is 1.01. The Kier molecular flexibility index (Phi) is 9.20. The average molecular weight is 752 g/mol. The summed E-state index contributed by atoms with van der Waals surface area (Å²) in [6.45, 7) is 0.452. The molecule has 0 unspecified atom stereocenters. The van der Waals surface area contributed by atoms with E-state index < -0.39 is 22.7 Å². The fourth-order valence-electron chi connectivity index (χ4n) is 6.86. The van der Waals surface area contributed by atoms with Crippen LogP contribution in [-0.4, -0.2) is 35.0 Å². The number of nitro benzene ring substituents is 1. The number of carbonyl (C=O) groups excluding carboxylic acids is 1. The number of hydrogen-bond donors (Lipinski definition) is 1. The minimum absolute atomic E-state index is 0.0143. The third-order valence-electron chi connectivity index (χ3n) is 9.26. The maximum atomic E-state index is 14.1. The first kappa shape index (κ1) is 34.5. The van der Waals surface area contributed by atoms with Crippen LogP contribution in [0.3, 0.4) is 0 Å². The van der Waals surface area contributed by atoms with Crippen molar-refractivity contribution in [2.75, 3.05) is 0 Å². The molecule has 10 nitrogen and oxygen atoms in total. The summed E-state index contributed by atoms with van der Waals surface area (Å²) >= 11 is 12.4. The first-order chi connectivity index (χ1) is 26.3. The Labute approximate surface area is 318 Å². The van der Waals surface area contributed by atoms with Crippen LogP contribution in [0.5, 0.6) is 0 Å². The van der Waals surface area contributed by atoms with Gasteiger partial charge in [-0.15, -0.1) is 0 Å². The van der Waals surface area contributed by atoms with Crippen molar-refractivity contribution < 1.29 is 9.72 Å². The van der Waals surface area contributed by atoms with Crippen molar-refractivity contribution in [3.8, 4) is 39.5 Å². The molecule has 8 rings (SSSR count). The molecule has 5 aromatic carbocycles. The number of H-pyrrole nitrogens is 1. The molecule has 0 saturated heterocycles. The molecule has 0 amide bonds. The van der Waals surface area contributed by atoms with Gasteiger partial charge in [-0.3, -0.25) is 24.8 Å². The van der Waals surface area contributed by atoms with E-state index in [2.05, 4.69) is 9.67 Å². The molecule has 3 aromatic heterocycles. The molecule has 0 atom stereocenters. The summed E-state index contributed by atoms with van der Waals surface area (Å²) in [5.41, 5.74) is 4.65. The van der Waals surface area contributed by atoms with Crippen molar-refractivity contribution in [1.82, 2.24) is 24.3 Å². The minimum Gasteiger partial charge on any atom is -0.320 e.